The van der Waals surface area contributed by atoms with E-state index in [2.05, 4.69) is 4.90 Å². The molecule has 0 aliphatic carbocycles. The van der Waals surface area contributed by atoms with Gasteiger partial charge in [0.25, 0.3) is 0 Å². The summed E-state index contributed by atoms with van der Waals surface area (Å²) in [5, 5.41) is 9.77. The zero-order valence-corrected chi connectivity index (χ0v) is 6.92. The number of hydrogen-bond donors (Lipinski definition) is 1. The summed E-state index contributed by atoms with van der Waals surface area (Å²) in [5.41, 5.74) is -0.741. The number of nitrogens with zero attached hydrogens (tertiary/aromatic N) is 1. The number of piperidine rings is 1. The van der Waals surface area contributed by atoms with E-state index in [4.69, 9.17) is 0 Å². The molecule has 0 aromatic heterocycles. The largest absolute Gasteiger partial charge is 0.388 e. The van der Waals surface area contributed by atoms with Crippen LogP contribution < -0.4 is 0 Å². The summed E-state index contributed by atoms with van der Waals surface area (Å²) in [4.78, 5) is 12.3. The van der Waals surface area contributed by atoms with E-state index >= 15 is 0 Å². The first kappa shape index (κ1) is 8.68. The molecule has 64 valence electrons. The van der Waals surface area contributed by atoms with Crippen LogP contribution in [0.1, 0.15) is 19.3 Å². The molecular formula is C8H15NO2. The van der Waals surface area contributed by atoms with Crippen LogP contribution in [0, 0.1) is 0 Å². The van der Waals surface area contributed by atoms with Crippen molar-refractivity contribution in [1.29, 1.82) is 0 Å². The second-order valence-corrected chi connectivity index (χ2v) is 3.44. The van der Waals surface area contributed by atoms with Crippen LogP contribution in [-0.2, 0) is 4.79 Å². The molecule has 1 rings (SSSR count). The molecule has 1 saturated heterocycles. The molecular weight excluding hydrogens is 142 g/mol. The standard InChI is InChI=1S/C8H15NO2/c1-9-5-2-3-8(11,7-9)4-6-10/h6,11H,2-5,7H2,1H3. The highest BCUT2D eigenvalue weighted by atomic mass is 16.3. The lowest BCUT2D eigenvalue weighted by Gasteiger charge is -2.36. The number of β-amino-alcohol motifs (C(OH)–C–C–N with tert-alkyl or cyclic N) is 1. The van der Waals surface area contributed by atoms with E-state index in [-0.39, 0.29) is 6.42 Å². The predicted molar refractivity (Wildman–Crippen MR) is 42.4 cm³/mol. The van der Waals surface area contributed by atoms with Crippen LogP contribution in [0.25, 0.3) is 0 Å². The van der Waals surface area contributed by atoms with Crippen molar-refractivity contribution in [2.24, 2.45) is 0 Å². The quantitative estimate of drug-likeness (QED) is 0.575. The zero-order chi connectivity index (χ0) is 8.32. The Hall–Kier alpha value is -0.410. The second-order valence-electron chi connectivity index (χ2n) is 3.44. The number of likely N-dealkylation sites (tertiary alicyclic amines) is 1. The maximum absolute atomic E-state index is 10.2. The summed E-state index contributed by atoms with van der Waals surface area (Å²) < 4.78 is 0. The monoisotopic (exact) mass is 157 g/mol. The molecule has 1 fully saturated rings. The summed E-state index contributed by atoms with van der Waals surface area (Å²) in [6.07, 6.45) is 2.83. The summed E-state index contributed by atoms with van der Waals surface area (Å²) in [6.45, 7) is 1.66. The average Bonchev–Trinajstić information content (AvgIpc) is 1.86. The molecule has 11 heavy (non-hydrogen) atoms. The number of likely N-dealkylation sites (N-methyl/N-ethyl adjacent to an activating group) is 1. The van der Waals surface area contributed by atoms with Gasteiger partial charge in [-0.25, -0.2) is 0 Å². The van der Waals surface area contributed by atoms with Gasteiger partial charge in [-0.3, -0.25) is 0 Å². The minimum Gasteiger partial charge on any atom is -0.388 e. The van der Waals surface area contributed by atoms with Gasteiger partial charge in [0.1, 0.15) is 6.29 Å². The van der Waals surface area contributed by atoms with Gasteiger partial charge in [0.15, 0.2) is 0 Å². The van der Waals surface area contributed by atoms with Crippen LogP contribution in [0.4, 0.5) is 0 Å². The highest BCUT2D eigenvalue weighted by molar-refractivity contribution is 5.51. The van der Waals surface area contributed by atoms with Crippen molar-refractivity contribution < 1.29 is 9.90 Å². The van der Waals surface area contributed by atoms with Crippen molar-refractivity contribution in [2.75, 3.05) is 20.1 Å². The van der Waals surface area contributed by atoms with Crippen LogP contribution in [0.15, 0.2) is 0 Å². The Balaban J connectivity index is 2.47. The van der Waals surface area contributed by atoms with Gasteiger partial charge < -0.3 is 14.8 Å². The Morgan fingerprint density at radius 1 is 1.73 bits per heavy atom. The fraction of sp³-hybridized carbons (Fsp3) is 0.875. The molecule has 1 N–H and O–H groups in total. The highest BCUT2D eigenvalue weighted by Crippen LogP contribution is 2.22. The summed E-state index contributed by atoms with van der Waals surface area (Å²) in [6, 6.07) is 0. The molecule has 1 unspecified atom stereocenters. The van der Waals surface area contributed by atoms with E-state index in [1.165, 1.54) is 0 Å². The van der Waals surface area contributed by atoms with Crippen LogP contribution in [0.5, 0.6) is 0 Å². The first-order chi connectivity index (χ1) is 5.16. The van der Waals surface area contributed by atoms with E-state index in [0.717, 1.165) is 25.7 Å². The Morgan fingerprint density at radius 3 is 3.00 bits per heavy atom. The summed E-state index contributed by atoms with van der Waals surface area (Å²) >= 11 is 0. The number of hydrogen-bond acceptors (Lipinski definition) is 3. The lowest BCUT2D eigenvalue weighted by Crippen LogP contribution is -2.46. The lowest BCUT2D eigenvalue weighted by molar-refractivity contribution is -0.114. The lowest BCUT2D eigenvalue weighted by atomic mass is 9.90. The van der Waals surface area contributed by atoms with Crippen molar-refractivity contribution in [1.82, 2.24) is 4.90 Å². The topological polar surface area (TPSA) is 40.5 Å². The number of aliphatic hydroxyl groups is 1. The van der Waals surface area contributed by atoms with Gasteiger partial charge in [-0.2, -0.15) is 0 Å². The fourth-order valence-corrected chi connectivity index (χ4v) is 1.66. The highest BCUT2D eigenvalue weighted by Gasteiger charge is 2.30. The third kappa shape index (κ3) is 2.27. The Morgan fingerprint density at radius 2 is 2.45 bits per heavy atom. The van der Waals surface area contributed by atoms with Crippen LogP contribution >= 0.6 is 0 Å². The molecule has 1 aliphatic heterocycles. The van der Waals surface area contributed by atoms with Crippen LogP contribution in [-0.4, -0.2) is 42.0 Å². The van der Waals surface area contributed by atoms with Crippen molar-refractivity contribution in [3.8, 4) is 0 Å². The van der Waals surface area contributed by atoms with Gasteiger partial charge in [0.2, 0.25) is 0 Å². The minimum absolute atomic E-state index is 0.275. The molecule has 0 spiro atoms. The molecule has 1 atom stereocenters. The van der Waals surface area contributed by atoms with E-state index < -0.39 is 5.60 Å². The predicted octanol–water partition coefficient (Wildman–Crippen LogP) is 0.0321. The summed E-state index contributed by atoms with van der Waals surface area (Å²) in [7, 11) is 1.97. The van der Waals surface area contributed by atoms with Gasteiger partial charge in [0, 0.05) is 13.0 Å². The molecule has 3 heteroatoms. The van der Waals surface area contributed by atoms with Crippen molar-refractivity contribution >= 4 is 6.29 Å². The van der Waals surface area contributed by atoms with Crippen molar-refractivity contribution in [3.63, 3.8) is 0 Å². The van der Waals surface area contributed by atoms with Gasteiger partial charge in [-0.15, -0.1) is 0 Å². The minimum atomic E-state index is -0.741. The number of carbonyl (C=O) groups is 1. The van der Waals surface area contributed by atoms with Crippen molar-refractivity contribution in [2.45, 2.75) is 24.9 Å². The van der Waals surface area contributed by atoms with Gasteiger partial charge in [-0.1, -0.05) is 0 Å². The maximum Gasteiger partial charge on any atom is 0.122 e. The second kappa shape index (κ2) is 3.32. The number of aldehydes is 1. The van der Waals surface area contributed by atoms with Gasteiger partial charge in [0.05, 0.1) is 5.60 Å². The number of rotatable bonds is 2. The molecule has 0 radical (unpaired) electrons. The Labute approximate surface area is 67.0 Å². The van der Waals surface area contributed by atoms with E-state index in [0.29, 0.717) is 6.54 Å². The van der Waals surface area contributed by atoms with Crippen LogP contribution in [0.2, 0.25) is 0 Å². The third-order valence-corrected chi connectivity index (χ3v) is 2.21. The molecule has 0 amide bonds. The molecule has 0 bridgehead atoms. The van der Waals surface area contributed by atoms with E-state index in [9.17, 15) is 9.90 Å². The molecule has 3 nitrogen and oxygen atoms in total. The smallest absolute Gasteiger partial charge is 0.122 e. The van der Waals surface area contributed by atoms with Crippen LogP contribution in [0.3, 0.4) is 0 Å². The molecule has 0 aromatic rings. The summed E-state index contributed by atoms with van der Waals surface area (Å²) in [5.74, 6) is 0. The Kier molecular flexibility index (Phi) is 2.62. The van der Waals surface area contributed by atoms with E-state index in [1.54, 1.807) is 0 Å². The fourth-order valence-electron chi connectivity index (χ4n) is 1.66. The number of carbonyl (C=O) groups excluding carboxylic acids is 1. The van der Waals surface area contributed by atoms with Gasteiger partial charge in [-0.05, 0) is 26.4 Å². The molecule has 0 saturated carbocycles. The van der Waals surface area contributed by atoms with E-state index in [1.807, 2.05) is 7.05 Å². The van der Waals surface area contributed by atoms with Crippen molar-refractivity contribution in [3.05, 3.63) is 0 Å². The normalized spacial score (nSPS) is 33.6. The first-order valence-corrected chi connectivity index (χ1v) is 4.01. The SMILES string of the molecule is CN1CCCC(O)(CC=O)C1. The molecule has 0 aromatic carbocycles. The van der Waals surface area contributed by atoms with Gasteiger partial charge >= 0.3 is 0 Å². The first-order valence-electron chi connectivity index (χ1n) is 4.01. The molecule has 1 heterocycles. The maximum atomic E-state index is 10.2. The Bertz CT molecular complexity index is 149. The average molecular weight is 157 g/mol. The third-order valence-electron chi connectivity index (χ3n) is 2.21. The molecule has 1 aliphatic rings. The zero-order valence-electron chi connectivity index (χ0n) is 6.92.